The van der Waals surface area contributed by atoms with E-state index < -0.39 is 29.2 Å². The number of carboxylic acid groups (broad SMARTS) is 1. The highest BCUT2D eigenvalue weighted by molar-refractivity contribution is 8.01. The molecule has 15 nitrogen and oxygen atoms in total. The second kappa shape index (κ2) is 13.1. The number of oxime groups is 1. The van der Waals surface area contributed by atoms with Crippen LogP contribution in [0.2, 0.25) is 0 Å². The Kier molecular flexibility index (Phi) is 8.82. The fourth-order valence-electron chi connectivity index (χ4n) is 4.54. The number of phenols is 2. The van der Waals surface area contributed by atoms with Crippen LogP contribution in [0.25, 0.3) is 11.5 Å². The largest absolute Gasteiger partial charge is 0.504 e. The predicted molar refractivity (Wildman–Crippen MR) is 168 cm³/mol. The first-order valence-corrected chi connectivity index (χ1v) is 16.3. The van der Waals surface area contributed by atoms with Crippen molar-refractivity contribution in [1.29, 1.82) is 0 Å². The highest BCUT2D eigenvalue weighted by atomic mass is 32.2. The topological polar surface area (TPSA) is 227 Å². The first-order valence-electron chi connectivity index (χ1n) is 13.3. The molecule has 6 N–H and O–H groups in total. The fraction of sp³-hybridized carbons (Fsp3) is 0.179. The lowest BCUT2D eigenvalue weighted by Gasteiger charge is -2.49. The van der Waals surface area contributed by atoms with Crippen molar-refractivity contribution in [3.63, 3.8) is 0 Å². The average Bonchev–Trinajstić information content (AvgIpc) is 3.71. The first-order chi connectivity index (χ1) is 22.2. The molecule has 4 aromatic rings. The van der Waals surface area contributed by atoms with Crippen molar-refractivity contribution in [3.8, 4) is 23.0 Å². The standard InChI is InChI=1S/C28H23N7O8S3/c29-27-30-16(12-45-27)19(34-42-9-13-4-2-1-3-5-13)22(38)31-20-24(39)35-21(26(40)41)15(10-44-25(20)35)11-46-28-33-32-23(43-28)14-6-7-17(36)18(37)8-14/h1-8,12,20,25,36-37H,9-11H2,(H2,29,30)(H,31,38)(H,40,41)/t20-,25+/m1/s1. The van der Waals surface area contributed by atoms with Gasteiger partial charge in [0.05, 0.1) is 0 Å². The summed E-state index contributed by atoms with van der Waals surface area (Å²) in [5.74, 6) is -2.79. The number of β-lactam (4-membered cyclic amide) rings is 1. The molecule has 2 aliphatic heterocycles. The Morgan fingerprint density at radius 3 is 2.70 bits per heavy atom. The highest BCUT2D eigenvalue weighted by Gasteiger charge is 2.54. The molecule has 2 aromatic carbocycles. The molecular formula is C28H23N7O8S3. The van der Waals surface area contributed by atoms with Gasteiger partial charge >= 0.3 is 5.97 Å². The SMILES string of the molecule is Nc1nc(C(=NOCc2ccccc2)C(=O)N[C@@H]2C(=O)N3C(C(=O)O)=C(CSc4nnc(-c5ccc(O)c(O)c5)o4)CS[C@@H]23)cs1. The lowest BCUT2D eigenvalue weighted by molar-refractivity contribution is -0.150. The number of benzene rings is 2. The fourth-order valence-corrected chi connectivity index (χ4v) is 7.34. The van der Waals surface area contributed by atoms with Crippen LogP contribution in [0.5, 0.6) is 11.5 Å². The molecule has 0 radical (unpaired) electrons. The number of hydrogen-bond donors (Lipinski definition) is 5. The Balaban J connectivity index is 1.13. The molecule has 18 heteroatoms. The van der Waals surface area contributed by atoms with Gasteiger partial charge in [-0.25, -0.2) is 9.78 Å². The number of anilines is 1. The molecule has 6 rings (SSSR count). The molecule has 1 fully saturated rings. The first kappa shape index (κ1) is 30.9. The predicted octanol–water partition coefficient (Wildman–Crippen LogP) is 2.64. The summed E-state index contributed by atoms with van der Waals surface area (Å²) in [6.45, 7) is 0.0880. The van der Waals surface area contributed by atoms with Gasteiger partial charge in [-0.1, -0.05) is 47.2 Å². The second-order valence-electron chi connectivity index (χ2n) is 9.75. The highest BCUT2D eigenvalue weighted by Crippen LogP contribution is 2.42. The Morgan fingerprint density at radius 2 is 1.98 bits per heavy atom. The number of carboxylic acids is 1. The number of aromatic nitrogens is 3. The summed E-state index contributed by atoms with van der Waals surface area (Å²) in [4.78, 5) is 49.6. The van der Waals surface area contributed by atoms with Gasteiger partial charge in [-0.15, -0.1) is 33.3 Å². The molecule has 1 saturated heterocycles. The zero-order valence-corrected chi connectivity index (χ0v) is 25.8. The smallest absolute Gasteiger partial charge is 0.352 e. The number of thiazole rings is 1. The van der Waals surface area contributed by atoms with Crippen LogP contribution >= 0.6 is 34.9 Å². The number of nitrogens with one attached hydrogen (secondary N) is 1. The van der Waals surface area contributed by atoms with Gasteiger partial charge < -0.3 is 35.6 Å². The van der Waals surface area contributed by atoms with Crippen LogP contribution in [0.4, 0.5) is 5.13 Å². The number of phenolic OH excluding ortho intramolecular Hbond substituents is 2. The summed E-state index contributed by atoms with van der Waals surface area (Å²) in [5.41, 5.74) is 7.24. The lowest BCUT2D eigenvalue weighted by atomic mass is 10.0. The van der Waals surface area contributed by atoms with Crippen molar-refractivity contribution < 1.29 is 39.0 Å². The van der Waals surface area contributed by atoms with E-state index in [0.29, 0.717) is 11.1 Å². The van der Waals surface area contributed by atoms with E-state index in [0.717, 1.165) is 33.6 Å². The van der Waals surface area contributed by atoms with Crippen LogP contribution in [0.15, 0.2) is 80.0 Å². The summed E-state index contributed by atoms with van der Waals surface area (Å²) in [5, 5.41) is 45.0. The normalized spacial score (nSPS) is 17.8. The van der Waals surface area contributed by atoms with Gasteiger partial charge in [0.1, 0.15) is 29.4 Å². The molecule has 2 aromatic heterocycles. The summed E-state index contributed by atoms with van der Waals surface area (Å²) >= 11 is 3.48. The van der Waals surface area contributed by atoms with E-state index in [4.69, 9.17) is 15.0 Å². The summed E-state index contributed by atoms with van der Waals surface area (Å²) < 4.78 is 5.62. The van der Waals surface area contributed by atoms with Crippen LogP contribution in [0, 0.1) is 0 Å². The lowest BCUT2D eigenvalue weighted by Crippen LogP contribution is -2.71. The number of rotatable bonds is 11. The number of carbonyl (C=O) groups excluding carboxylic acids is 2. The van der Waals surface area contributed by atoms with Gasteiger partial charge in [-0.2, -0.15) is 0 Å². The molecule has 0 aliphatic carbocycles. The average molecular weight is 682 g/mol. The minimum atomic E-state index is -1.29. The minimum Gasteiger partial charge on any atom is -0.504 e. The molecule has 2 amide bonds. The molecule has 46 heavy (non-hydrogen) atoms. The van der Waals surface area contributed by atoms with Gasteiger partial charge in [0.15, 0.2) is 22.3 Å². The maximum absolute atomic E-state index is 13.3. The Labute approximate surface area is 272 Å². The van der Waals surface area contributed by atoms with E-state index >= 15 is 0 Å². The number of nitrogens with zero attached hydrogens (tertiary/aromatic N) is 5. The number of aliphatic carboxylic acids is 1. The third kappa shape index (κ3) is 6.35. The quantitative estimate of drug-likeness (QED) is 0.0504. The number of nitrogens with two attached hydrogens (primary N) is 1. The number of fused-ring (bicyclic) bond motifs is 1. The monoisotopic (exact) mass is 681 g/mol. The molecule has 0 spiro atoms. The van der Waals surface area contributed by atoms with Gasteiger partial charge in [0.2, 0.25) is 5.89 Å². The minimum absolute atomic E-state index is 0.0880. The van der Waals surface area contributed by atoms with Crippen molar-refractivity contribution in [2.24, 2.45) is 5.16 Å². The van der Waals surface area contributed by atoms with Crippen molar-refractivity contribution >= 4 is 63.5 Å². The van der Waals surface area contributed by atoms with Crippen LogP contribution in [0.1, 0.15) is 11.3 Å². The molecular weight excluding hydrogens is 659 g/mol. The molecule has 2 atom stereocenters. The van der Waals surface area contributed by atoms with Crippen LogP contribution in [0.3, 0.4) is 0 Å². The van der Waals surface area contributed by atoms with Crippen molar-refractivity contribution in [2.75, 3.05) is 17.2 Å². The second-order valence-corrected chi connectivity index (χ2v) is 12.7. The Bertz CT molecular complexity index is 1880. The molecule has 0 bridgehead atoms. The van der Waals surface area contributed by atoms with Crippen LogP contribution < -0.4 is 11.1 Å². The zero-order chi connectivity index (χ0) is 32.4. The van der Waals surface area contributed by atoms with Crippen LogP contribution in [-0.2, 0) is 25.8 Å². The molecule has 0 unspecified atom stereocenters. The molecule has 236 valence electrons. The van der Waals surface area contributed by atoms with E-state index in [9.17, 15) is 29.7 Å². The number of hydrogen-bond acceptors (Lipinski definition) is 15. The van der Waals surface area contributed by atoms with E-state index in [1.807, 2.05) is 30.3 Å². The Hall–Kier alpha value is -5.07. The van der Waals surface area contributed by atoms with Gasteiger partial charge in [0.25, 0.3) is 17.0 Å². The number of carbonyl (C=O) groups is 3. The van der Waals surface area contributed by atoms with Crippen LogP contribution in [-0.4, -0.2) is 81.8 Å². The molecule has 4 heterocycles. The number of thioether (sulfide) groups is 2. The van der Waals surface area contributed by atoms with Crippen molar-refractivity contribution in [2.45, 2.75) is 23.2 Å². The van der Waals surface area contributed by atoms with Gasteiger partial charge in [0, 0.05) is 22.4 Å². The third-order valence-corrected chi connectivity index (χ3v) is 9.66. The summed E-state index contributed by atoms with van der Waals surface area (Å²) in [6, 6.07) is 12.2. The molecule has 2 aliphatic rings. The van der Waals surface area contributed by atoms with E-state index in [2.05, 4.69) is 25.7 Å². The van der Waals surface area contributed by atoms with Crippen molar-refractivity contribution in [3.05, 3.63) is 76.4 Å². The van der Waals surface area contributed by atoms with E-state index in [-0.39, 0.29) is 63.0 Å². The van der Waals surface area contributed by atoms with E-state index in [1.165, 1.54) is 30.0 Å². The van der Waals surface area contributed by atoms with Gasteiger partial charge in [-0.3, -0.25) is 14.5 Å². The van der Waals surface area contributed by atoms with Gasteiger partial charge in [-0.05, 0) is 29.3 Å². The molecule has 0 saturated carbocycles. The number of nitrogen functional groups attached to an aromatic ring is 1. The zero-order valence-electron chi connectivity index (χ0n) is 23.4. The van der Waals surface area contributed by atoms with E-state index in [1.54, 1.807) is 5.38 Å². The maximum Gasteiger partial charge on any atom is 0.352 e. The number of aromatic hydroxyl groups is 2. The summed E-state index contributed by atoms with van der Waals surface area (Å²) in [6.07, 6.45) is 0. The maximum atomic E-state index is 13.3. The van der Waals surface area contributed by atoms with Crippen molar-refractivity contribution in [1.82, 2.24) is 25.4 Å². The number of amides is 2. The third-order valence-electron chi connectivity index (χ3n) is 6.74. The Morgan fingerprint density at radius 1 is 1.17 bits per heavy atom. The summed E-state index contributed by atoms with van der Waals surface area (Å²) in [7, 11) is 0.